The van der Waals surface area contributed by atoms with Gasteiger partial charge in [0.15, 0.2) is 0 Å². The van der Waals surface area contributed by atoms with E-state index in [0.717, 1.165) is 17.5 Å². The zero-order valence-corrected chi connectivity index (χ0v) is 15.0. The van der Waals surface area contributed by atoms with Gasteiger partial charge in [-0.25, -0.2) is 5.48 Å². The first-order chi connectivity index (χ1) is 12.0. The SMILES string of the molecule is CCc1ccc(-c2ccc(C(C)(O)CCCCC(=O)NO)cc2)cc1. The first-order valence-corrected chi connectivity index (χ1v) is 8.81. The minimum atomic E-state index is -0.930. The lowest BCUT2D eigenvalue weighted by Crippen LogP contribution is -2.22. The summed E-state index contributed by atoms with van der Waals surface area (Å²) in [6.45, 7) is 3.94. The lowest BCUT2D eigenvalue weighted by atomic mass is 9.89. The molecule has 0 fully saturated rings. The van der Waals surface area contributed by atoms with Crippen LogP contribution in [0.5, 0.6) is 0 Å². The summed E-state index contributed by atoms with van der Waals surface area (Å²) in [7, 11) is 0. The molecule has 2 aromatic rings. The maximum absolute atomic E-state index is 11.0. The van der Waals surface area contributed by atoms with Crippen molar-refractivity contribution in [1.82, 2.24) is 5.48 Å². The molecule has 25 heavy (non-hydrogen) atoms. The Morgan fingerprint density at radius 3 is 2.08 bits per heavy atom. The van der Waals surface area contributed by atoms with E-state index in [2.05, 4.69) is 31.2 Å². The van der Waals surface area contributed by atoms with E-state index in [1.54, 1.807) is 12.4 Å². The van der Waals surface area contributed by atoms with Gasteiger partial charge < -0.3 is 5.11 Å². The van der Waals surface area contributed by atoms with Crippen LogP contribution >= 0.6 is 0 Å². The van der Waals surface area contributed by atoms with Gasteiger partial charge in [0.05, 0.1) is 5.60 Å². The lowest BCUT2D eigenvalue weighted by Gasteiger charge is -2.24. The largest absolute Gasteiger partial charge is 0.385 e. The molecule has 0 bridgehead atoms. The van der Waals surface area contributed by atoms with Crippen LogP contribution < -0.4 is 5.48 Å². The number of hydroxylamine groups is 1. The van der Waals surface area contributed by atoms with E-state index in [4.69, 9.17) is 5.21 Å². The van der Waals surface area contributed by atoms with Crippen molar-refractivity contribution in [3.63, 3.8) is 0 Å². The van der Waals surface area contributed by atoms with Gasteiger partial charge in [0.1, 0.15) is 0 Å². The van der Waals surface area contributed by atoms with Gasteiger partial charge in [-0.05, 0) is 54.9 Å². The number of amides is 1. The molecule has 134 valence electrons. The van der Waals surface area contributed by atoms with E-state index >= 15 is 0 Å². The Labute approximate surface area is 149 Å². The van der Waals surface area contributed by atoms with Crippen LogP contribution in [0.3, 0.4) is 0 Å². The summed E-state index contributed by atoms with van der Waals surface area (Å²) in [5, 5.41) is 19.2. The summed E-state index contributed by atoms with van der Waals surface area (Å²) >= 11 is 0. The van der Waals surface area contributed by atoms with Crippen molar-refractivity contribution in [1.29, 1.82) is 0 Å². The molecule has 4 heteroatoms. The number of unbranched alkanes of at least 4 members (excludes halogenated alkanes) is 1. The molecule has 0 radical (unpaired) electrons. The van der Waals surface area contributed by atoms with Crippen LogP contribution in [-0.4, -0.2) is 16.2 Å². The quantitative estimate of drug-likeness (QED) is 0.383. The number of aliphatic hydroxyl groups is 1. The topological polar surface area (TPSA) is 69.6 Å². The van der Waals surface area contributed by atoms with Crippen LogP contribution in [0.1, 0.15) is 50.7 Å². The zero-order chi connectivity index (χ0) is 18.3. The average molecular weight is 341 g/mol. The third-order valence-electron chi connectivity index (χ3n) is 4.64. The van der Waals surface area contributed by atoms with Gasteiger partial charge in [0, 0.05) is 6.42 Å². The highest BCUT2D eigenvalue weighted by molar-refractivity contribution is 5.74. The second kappa shape index (κ2) is 8.79. The Morgan fingerprint density at radius 1 is 1.00 bits per heavy atom. The van der Waals surface area contributed by atoms with Gasteiger partial charge in [-0.2, -0.15) is 0 Å². The Morgan fingerprint density at radius 2 is 1.56 bits per heavy atom. The van der Waals surface area contributed by atoms with Crippen LogP contribution in [0.4, 0.5) is 0 Å². The third kappa shape index (κ3) is 5.41. The fourth-order valence-electron chi connectivity index (χ4n) is 2.91. The molecule has 1 atom stereocenters. The van der Waals surface area contributed by atoms with E-state index in [1.807, 2.05) is 24.3 Å². The third-order valence-corrected chi connectivity index (χ3v) is 4.64. The van der Waals surface area contributed by atoms with E-state index < -0.39 is 11.5 Å². The molecule has 0 aliphatic heterocycles. The molecule has 0 saturated heterocycles. The van der Waals surface area contributed by atoms with Crippen molar-refractivity contribution in [2.75, 3.05) is 0 Å². The highest BCUT2D eigenvalue weighted by Crippen LogP contribution is 2.29. The van der Waals surface area contributed by atoms with E-state index in [-0.39, 0.29) is 6.42 Å². The maximum atomic E-state index is 11.0. The average Bonchev–Trinajstić information content (AvgIpc) is 2.65. The summed E-state index contributed by atoms with van der Waals surface area (Å²) in [5.74, 6) is -0.391. The first kappa shape index (κ1) is 19.2. The van der Waals surface area contributed by atoms with Gasteiger partial charge in [-0.3, -0.25) is 10.0 Å². The van der Waals surface area contributed by atoms with Crippen molar-refractivity contribution in [3.05, 3.63) is 59.7 Å². The van der Waals surface area contributed by atoms with Crippen LogP contribution in [0.15, 0.2) is 48.5 Å². The first-order valence-electron chi connectivity index (χ1n) is 8.81. The molecule has 2 rings (SSSR count). The Kier molecular flexibility index (Phi) is 6.73. The fraction of sp³-hybridized carbons (Fsp3) is 0.381. The van der Waals surface area contributed by atoms with Gasteiger partial charge in [0.25, 0.3) is 0 Å². The van der Waals surface area contributed by atoms with Crippen molar-refractivity contribution in [3.8, 4) is 11.1 Å². The van der Waals surface area contributed by atoms with Crippen LogP contribution in [0, 0.1) is 0 Å². The molecule has 0 heterocycles. The predicted molar refractivity (Wildman–Crippen MR) is 99.2 cm³/mol. The molecular formula is C21H27NO3. The number of hydrogen-bond acceptors (Lipinski definition) is 3. The molecule has 1 unspecified atom stereocenters. The van der Waals surface area contributed by atoms with E-state index in [0.29, 0.717) is 19.3 Å². The highest BCUT2D eigenvalue weighted by Gasteiger charge is 2.22. The minimum Gasteiger partial charge on any atom is -0.385 e. The minimum absolute atomic E-state index is 0.263. The summed E-state index contributed by atoms with van der Waals surface area (Å²) in [5.41, 5.74) is 5.17. The molecule has 0 aliphatic carbocycles. The number of hydrogen-bond donors (Lipinski definition) is 3. The van der Waals surface area contributed by atoms with Crippen molar-refractivity contribution < 1.29 is 15.1 Å². The van der Waals surface area contributed by atoms with Gasteiger partial charge >= 0.3 is 0 Å². The standard InChI is InChI=1S/C21H27NO3/c1-3-16-7-9-17(10-8-16)18-11-13-19(14-12-18)21(2,24)15-5-4-6-20(23)22-25/h7-14,24-25H,3-6,15H2,1-2H3,(H,22,23). The normalized spacial score (nSPS) is 13.3. The molecule has 0 aromatic heterocycles. The van der Waals surface area contributed by atoms with Crippen LogP contribution in [0.25, 0.3) is 11.1 Å². The number of benzene rings is 2. The summed E-state index contributed by atoms with van der Waals surface area (Å²) < 4.78 is 0. The van der Waals surface area contributed by atoms with Gasteiger partial charge in [0.2, 0.25) is 5.91 Å². The smallest absolute Gasteiger partial charge is 0.243 e. The van der Waals surface area contributed by atoms with Gasteiger partial charge in [-0.1, -0.05) is 55.5 Å². The second-order valence-electron chi connectivity index (χ2n) is 6.64. The molecule has 0 aliphatic rings. The molecule has 3 N–H and O–H groups in total. The zero-order valence-electron chi connectivity index (χ0n) is 15.0. The molecule has 2 aromatic carbocycles. The van der Waals surface area contributed by atoms with E-state index in [9.17, 15) is 9.90 Å². The van der Waals surface area contributed by atoms with Gasteiger partial charge in [-0.15, -0.1) is 0 Å². The number of rotatable bonds is 8. The molecular weight excluding hydrogens is 314 g/mol. The Balaban J connectivity index is 1.98. The summed E-state index contributed by atoms with van der Waals surface area (Å²) in [6, 6.07) is 16.5. The van der Waals surface area contributed by atoms with Crippen molar-refractivity contribution in [2.45, 2.75) is 51.6 Å². The summed E-state index contributed by atoms with van der Waals surface area (Å²) in [6.07, 6.45) is 3.20. The van der Waals surface area contributed by atoms with Crippen LogP contribution in [-0.2, 0) is 16.8 Å². The predicted octanol–water partition coefficient (Wildman–Crippen LogP) is 4.19. The molecule has 1 amide bonds. The molecule has 0 spiro atoms. The van der Waals surface area contributed by atoms with Crippen molar-refractivity contribution in [2.24, 2.45) is 0 Å². The Hall–Kier alpha value is -2.17. The fourth-order valence-corrected chi connectivity index (χ4v) is 2.91. The summed E-state index contributed by atoms with van der Waals surface area (Å²) in [4.78, 5) is 11.0. The second-order valence-corrected chi connectivity index (χ2v) is 6.64. The van der Waals surface area contributed by atoms with E-state index in [1.165, 1.54) is 11.1 Å². The Bertz CT molecular complexity index is 675. The number of carbonyl (C=O) groups is 1. The maximum Gasteiger partial charge on any atom is 0.243 e. The highest BCUT2D eigenvalue weighted by atomic mass is 16.5. The monoisotopic (exact) mass is 341 g/mol. The number of aryl methyl sites for hydroxylation is 1. The lowest BCUT2D eigenvalue weighted by molar-refractivity contribution is -0.129. The number of nitrogens with one attached hydrogen (secondary N) is 1. The molecule has 0 saturated carbocycles. The number of carbonyl (C=O) groups excluding carboxylic acids is 1. The molecule has 4 nitrogen and oxygen atoms in total. The van der Waals surface area contributed by atoms with Crippen LogP contribution in [0.2, 0.25) is 0 Å². The van der Waals surface area contributed by atoms with Crippen molar-refractivity contribution >= 4 is 5.91 Å².